The summed E-state index contributed by atoms with van der Waals surface area (Å²) < 4.78 is 22.4. The number of benzene rings is 3. The zero-order chi connectivity index (χ0) is 28.7. The molecule has 1 amide bonds. The monoisotopic (exact) mass is 544 g/mol. The Bertz CT molecular complexity index is 1270. The maximum absolute atomic E-state index is 13.6. The van der Waals surface area contributed by atoms with E-state index in [9.17, 15) is 9.59 Å². The van der Waals surface area contributed by atoms with E-state index in [1.807, 2.05) is 44.2 Å². The summed E-state index contributed by atoms with van der Waals surface area (Å²) in [7, 11) is 0. The first-order valence-electron chi connectivity index (χ1n) is 13.5. The molecule has 0 aromatic heterocycles. The third kappa shape index (κ3) is 9.05. The van der Waals surface area contributed by atoms with Gasteiger partial charge in [0.2, 0.25) is 0 Å². The quantitative estimate of drug-likeness (QED) is 0.166. The molecule has 0 unspecified atom stereocenters. The zero-order valence-electron chi connectivity index (χ0n) is 23.3. The van der Waals surface area contributed by atoms with Crippen LogP contribution in [-0.4, -0.2) is 44.3 Å². The number of carbonyl (C=O) groups is 2. The van der Waals surface area contributed by atoms with Gasteiger partial charge in [0.05, 0.1) is 37.0 Å². The number of hydrogen-bond acceptors (Lipinski definition) is 7. The number of rotatable bonds is 15. The maximum atomic E-state index is 13.6. The number of hydrogen-bond donors (Lipinski definition) is 0. The second-order valence-corrected chi connectivity index (χ2v) is 9.25. The summed E-state index contributed by atoms with van der Waals surface area (Å²) in [5, 5.41) is 8.87. The Kier molecular flexibility index (Phi) is 11.9. The van der Waals surface area contributed by atoms with Crippen LogP contribution in [0.1, 0.15) is 56.0 Å². The molecule has 0 radical (unpaired) electrons. The van der Waals surface area contributed by atoms with E-state index in [4.69, 9.17) is 24.2 Å². The highest BCUT2D eigenvalue weighted by Crippen LogP contribution is 2.29. The standard InChI is InChI=1S/C32H36N2O6/c1-4-37-31(35)23-40-30-21-28(39-20-10-6-9-19-38-27-15-13-25(22-33)14-16-27)17-18-29(30)32(36)34(24(2)3)26-11-7-5-8-12-26/h5,7-8,11-18,21,24H,4,6,9-10,19-20,23H2,1-3H3. The van der Waals surface area contributed by atoms with Crippen LogP contribution in [0.2, 0.25) is 0 Å². The van der Waals surface area contributed by atoms with Crippen LogP contribution < -0.4 is 19.1 Å². The summed E-state index contributed by atoms with van der Waals surface area (Å²) in [6, 6.07) is 23.5. The molecule has 0 spiro atoms. The van der Waals surface area contributed by atoms with Crippen LogP contribution in [0.25, 0.3) is 0 Å². The van der Waals surface area contributed by atoms with E-state index in [0.717, 1.165) is 30.7 Å². The van der Waals surface area contributed by atoms with E-state index in [1.54, 1.807) is 54.3 Å². The second-order valence-electron chi connectivity index (χ2n) is 9.25. The maximum Gasteiger partial charge on any atom is 0.344 e. The van der Waals surface area contributed by atoms with Crippen molar-refractivity contribution in [3.05, 3.63) is 83.9 Å². The molecule has 0 heterocycles. The van der Waals surface area contributed by atoms with Gasteiger partial charge < -0.3 is 23.8 Å². The fourth-order valence-electron chi connectivity index (χ4n) is 3.98. The van der Waals surface area contributed by atoms with Crippen LogP contribution in [-0.2, 0) is 9.53 Å². The van der Waals surface area contributed by atoms with Gasteiger partial charge >= 0.3 is 5.97 Å². The lowest BCUT2D eigenvalue weighted by Gasteiger charge is -2.28. The van der Waals surface area contributed by atoms with Crippen molar-refractivity contribution < 1.29 is 28.5 Å². The molecule has 210 valence electrons. The minimum atomic E-state index is -0.515. The highest BCUT2D eigenvalue weighted by molar-refractivity contribution is 6.08. The number of nitriles is 1. The highest BCUT2D eigenvalue weighted by Gasteiger charge is 2.24. The Balaban J connectivity index is 1.60. The third-order valence-corrected chi connectivity index (χ3v) is 5.91. The molecule has 3 rings (SSSR count). The van der Waals surface area contributed by atoms with Crippen LogP contribution in [0.15, 0.2) is 72.8 Å². The fourth-order valence-corrected chi connectivity index (χ4v) is 3.98. The first-order chi connectivity index (χ1) is 19.4. The molecule has 8 nitrogen and oxygen atoms in total. The van der Waals surface area contributed by atoms with Crippen molar-refractivity contribution in [3.8, 4) is 23.3 Å². The number of amides is 1. The Morgan fingerprint density at radius 1 is 0.850 bits per heavy atom. The molecule has 0 fully saturated rings. The van der Waals surface area contributed by atoms with E-state index in [-0.39, 0.29) is 30.9 Å². The summed E-state index contributed by atoms with van der Waals surface area (Å²) in [5.41, 5.74) is 1.70. The van der Waals surface area contributed by atoms with Gasteiger partial charge in [-0.1, -0.05) is 18.2 Å². The van der Waals surface area contributed by atoms with Crippen LogP contribution in [0.5, 0.6) is 17.2 Å². The molecule has 8 heteroatoms. The number of esters is 1. The molecule has 3 aromatic rings. The normalized spacial score (nSPS) is 10.5. The molecule has 0 atom stereocenters. The Morgan fingerprint density at radius 2 is 1.50 bits per heavy atom. The Hall–Kier alpha value is -4.51. The molecule has 0 N–H and O–H groups in total. The molecule has 0 saturated carbocycles. The van der Waals surface area contributed by atoms with E-state index in [0.29, 0.717) is 30.1 Å². The average Bonchev–Trinajstić information content (AvgIpc) is 2.96. The van der Waals surface area contributed by atoms with Gasteiger partial charge in [-0.3, -0.25) is 4.79 Å². The van der Waals surface area contributed by atoms with E-state index < -0.39 is 5.97 Å². The first-order valence-corrected chi connectivity index (χ1v) is 13.5. The molecular weight excluding hydrogens is 508 g/mol. The number of anilines is 1. The number of para-hydroxylation sites is 1. The molecule has 0 aliphatic carbocycles. The van der Waals surface area contributed by atoms with Crippen LogP contribution >= 0.6 is 0 Å². The SMILES string of the molecule is CCOC(=O)COc1cc(OCCCCCOc2ccc(C#N)cc2)ccc1C(=O)N(c1ccccc1)C(C)C. The largest absolute Gasteiger partial charge is 0.494 e. The summed E-state index contributed by atoms with van der Waals surface area (Å²) in [6.07, 6.45) is 2.57. The molecule has 0 saturated heterocycles. The lowest BCUT2D eigenvalue weighted by atomic mass is 10.1. The van der Waals surface area contributed by atoms with Crippen molar-refractivity contribution in [1.29, 1.82) is 5.26 Å². The van der Waals surface area contributed by atoms with E-state index >= 15 is 0 Å². The predicted octanol–water partition coefficient (Wildman–Crippen LogP) is 6.18. The number of carbonyl (C=O) groups excluding carboxylic acids is 2. The van der Waals surface area contributed by atoms with Crippen LogP contribution in [0, 0.1) is 11.3 Å². The average molecular weight is 545 g/mol. The highest BCUT2D eigenvalue weighted by atomic mass is 16.6. The number of ether oxygens (including phenoxy) is 4. The van der Waals surface area contributed by atoms with Gasteiger partial charge in [-0.05, 0) is 88.6 Å². The first kappa shape index (κ1) is 30.0. The number of nitrogens with zero attached hydrogens (tertiary/aromatic N) is 2. The Morgan fingerprint density at radius 3 is 2.12 bits per heavy atom. The van der Waals surface area contributed by atoms with Crippen molar-refractivity contribution >= 4 is 17.6 Å². The fraction of sp³-hybridized carbons (Fsp3) is 0.344. The van der Waals surface area contributed by atoms with Crippen molar-refractivity contribution in [2.45, 2.75) is 46.1 Å². The van der Waals surface area contributed by atoms with Crippen molar-refractivity contribution in [3.63, 3.8) is 0 Å². The van der Waals surface area contributed by atoms with Crippen LogP contribution in [0.3, 0.4) is 0 Å². The van der Waals surface area contributed by atoms with Crippen molar-refractivity contribution in [2.24, 2.45) is 0 Å². The number of unbranched alkanes of at least 4 members (excludes halogenated alkanes) is 2. The zero-order valence-corrected chi connectivity index (χ0v) is 23.3. The van der Waals surface area contributed by atoms with Gasteiger partial charge in [0.15, 0.2) is 6.61 Å². The molecule has 0 bridgehead atoms. The van der Waals surface area contributed by atoms with Crippen LogP contribution in [0.4, 0.5) is 5.69 Å². The minimum Gasteiger partial charge on any atom is -0.494 e. The topological polar surface area (TPSA) is 98.1 Å². The molecule has 0 aliphatic heterocycles. The van der Waals surface area contributed by atoms with E-state index in [2.05, 4.69) is 6.07 Å². The predicted molar refractivity (Wildman–Crippen MR) is 153 cm³/mol. The summed E-state index contributed by atoms with van der Waals surface area (Å²) in [5.74, 6) is 0.782. The van der Waals surface area contributed by atoms with Gasteiger partial charge in [0.1, 0.15) is 17.2 Å². The second kappa shape index (κ2) is 15.8. The van der Waals surface area contributed by atoms with Gasteiger partial charge in [0, 0.05) is 17.8 Å². The summed E-state index contributed by atoms with van der Waals surface area (Å²) in [6.45, 7) is 6.58. The summed E-state index contributed by atoms with van der Waals surface area (Å²) in [4.78, 5) is 27.3. The van der Waals surface area contributed by atoms with Crippen molar-refractivity contribution in [2.75, 3.05) is 31.3 Å². The molecule has 0 aliphatic rings. The minimum absolute atomic E-state index is 0.107. The van der Waals surface area contributed by atoms with Gasteiger partial charge in [-0.25, -0.2) is 4.79 Å². The summed E-state index contributed by atoms with van der Waals surface area (Å²) >= 11 is 0. The Labute approximate surface area is 236 Å². The van der Waals surface area contributed by atoms with Gasteiger partial charge in [-0.15, -0.1) is 0 Å². The molecule has 40 heavy (non-hydrogen) atoms. The van der Waals surface area contributed by atoms with Crippen molar-refractivity contribution in [1.82, 2.24) is 0 Å². The third-order valence-electron chi connectivity index (χ3n) is 5.91. The van der Waals surface area contributed by atoms with Gasteiger partial charge in [0.25, 0.3) is 5.91 Å². The molecular formula is C32H36N2O6. The van der Waals surface area contributed by atoms with E-state index in [1.165, 1.54) is 0 Å². The molecule has 3 aromatic carbocycles. The van der Waals surface area contributed by atoms with Gasteiger partial charge in [-0.2, -0.15) is 5.26 Å². The lowest BCUT2D eigenvalue weighted by molar-refractivity contribution is -0.145. The lowest BCUT2D eigenvalue weighted by Crippen LogP contribution is -2.37. The smallest absolute Gasteiger partial charge is 0.344 e.